The average Bonchev–Trinajstić information content (AvgIpc) is 2.62. The SMILES string of the molecule is CC1(C)[C@H]2CC[C@]1(C)CN(CCC1C3CC4CC(C3)CC1C4)C2. The summed E-state index contributed by atoms with van der Waals surface area (Å²) < 4.78 is 0. The molecule has 1 heteroatoms. The van der Waals surface area contributed by atoms with E-state index < -0.39 is 0 Å². The third-order valence-electron chi connectivity index (χ3n) is 9.87. The highest BCUT2D eigenvalue weighted by atomic mass is 15.2. The lowest BCUT2D eigenvalue weighted by molar-refractivity contribution is -0.0541. The third kappa shape index (κ3) is 2.21. The second-order valence-corrected chi connectivity index (χ2v) is 11.1. The molecule has 23 heavy (non-hydrogen) atoms. The zero-order valence-corrected chi connectivity index (χ0v) is 15.7. The second-order valence-electron chi connectivity index (χ2n) is 11.1. The van der Waals surface area contributed by atoms with Crippen molar-refractivity contribution in [2.75, 3.05) is 19.6 Å². The molecule has 1 nitrogen and oxygen atoms in total. The molecule has 0 aromatic heterocycles. The number of fused-ring (bicyclic) bond motifs is 2. The molecule has 0 radical (unpaired) electrons. The van der Waals surface area contributed by atoms with Crippen LogP contribution in [0.15, 0.2) is 0 Å². The van der Waals surface area contributed by atoms with Gasteiger partial charge in [-0.1, -0.05) is 20.8 Å². The van der Waals surface area contributed by atoms with Crippen molar-refractivity contribution in [2.24, 2.45) is 46.3 Å². The maximum absolute atomic E-state index is 2.88. The van der Waals surface area contributed by atoms with Crippen molar-refractivity contribution in [2.45, 2.75) is 72.1 Å². The first-order valence-electron chi connectivity index (χ1n) is 10.7. The van der Waals surface area contributed by atoms with Crippen LogP contribution in [-0.2, 0) is 0 Å². The van der Waals surface area contributed by atoms with Gasteiger partial charge in [-0.15, -0.1) is 0 Å². The minimum absolute atomic E-state index is 0.576. The Labute approximate surface area is 143 Å². The van der Waals surface area contributed by atoms with E-state index in [-0.39, 0.29) is 0 Å². The van der Waals surface area contributed by atoms with E-state index in [1.807, 2.05) is 0 Å². The summed E-state index contributed by atoms with van der Waals surface area (Å²) in [4.78, 5) is 2.88. The van der Waals surface area contributed by atoms with Crippen molar-refractivity contribution in [1.82, 2.24) is 4.90 Å². The number of hydrogen-bond acceptors (Lipinski definition) is 1. The van der Waals surface area contributed by atoms with Crippen LogP contribution >= 0.6 is 0 Å². The number of nitrogens with zero attached hydrogens (tertiary/aromatic N) is 1. The average molecular weight is 316 g/mol. The van der Waals surface area contributed by atoms with E-state index >= 15 is 0 Å². The first kappa shape index (κ1) is 15.2. The van der Waals surface area contributed by atoms with Crippen LogP contribution in [0.1, 0.15) is 72.1 Å². The van der Waals surface area contributed by atoms with Crippen LogP contribution in [-0.4, -0.2) is 24.5 Å². The minimum Gasteiger partial charge on any atom is -0.302 e. The summed E-state index contributed by atoms with van der Waals surface area (Å²) in [6.45, 7) is 11.9. The van der Waals surface area contributed by atoms with E-state index in [0.29, 0.717) is 10.8 Å². The van der Waals surface area contributed by atoms with Crippen LogP contribution in [0.4, 0.5) is 0 Å². The molecular formula is C22H37N. The van der Waals surface area contributed by atoms with Crippen LogP contribution in [0, 0.1) is 46.3 Å². The Kier molecular flexibility index (Phi) is 3.31. The van der Waals surface area contributed by atoms with Gasteiger partial charge in [0.1, 0.15) is 0 Å². The summed E-state index contributed by atoms with van der Waals surface area (Å²) in [5.74, 6) is 6.58. The lowest BCUT2D eigenvalue weighted by Crippen LogP contribution is -2.53. The fourth-order valence-corrected chi connectivity index (χ4v) is 8.15. The van der Waals surface area contributed by atoms with Gasteiger partial charge in [-0.25, -0.2) is 0 Å². The Morgan fingerprint density at radius 3 is 2.17 bits per heavy atom. The summed E-state index contributed by atoms with van der Waals surface area (Å²) in [6.07, 6.45) is 12.5. The van der Waals surface area contributed by atoms with Crippen LogP contribution in [0.5, 0.6) is 0 Å². The summed E-state index contributed by atoms with van der Waals surface area (Å²) in [5, 5.41) is 0. The van der Waals surface area contributed by atoms with Gasteiger partial charge in [0, 0.05) is 13.1 Å². The number of piperidine rings is 1. The zero-order chi connectivity index (χ0) is 15.8. The summed E-state index contributed by atoms with van der Waals surface area (Å²) >= 11 is 0. The summed E-state index contributed by atoms with van der Waals surface area (Å²) in [7, 11) is 0. The monoisotopic (exact) mass is 315 g/mol. The molecule has 0 unspecified atom stereocenters. The molecule has 5 saturated carbocycles. The van der Waals surface area contributed by atoms with Gasteiger partial charge in [-0.2, -0.15) is 0 Å². The van der Waals surface area contributed by atoms with Crippen molar-refractivity contribution in [1.29, 1.82) is 0 Å². The first-order chi connectivity index (χ1) is 10.9. The molecule has 6 aliphatic rings. The smallest absolute Gasteiger partial charge is 0.00407 e. The second kappa shape index (κ2) is 4.99. The first-order valence-corrected chi connectivity index (χ1v) is 10.7. The molecule has 6 fully saturated rings. The number of likely N-dealkylation sites (tertiary alicyclic amines) is 1. The highest BCUT2D eigenvalue weighted by Gasteiger charge is 2.55. The predicted molar refractivity (Wildman–Crippen MR) is 96.2 cm³/mol. The molecule has 130 valence electrons. The van der Waals surface area contributed by atoms with Crippen LogP contribution < -0.4 is 0 Å². The van der Waals surface area contributed by atoms with E-state index in [2.05, 4.69) is 25.7 Å². The minimum atomic E-state index is 0.576. The molecule has 0 amide bonds. The lowest BCUT2D eigenvalue weighted by Gasteiger charge is -2.55. The standard InChI is InChI=1S/C22H37N/c1-21(2)19-4-6-22(21,3)14-23(13-19)7-5-20-17-9-15-8-16(11-17)12-18(20)10-15/h15-20H,4-14H2,1-3H3/t15?,16?,17?,18?,19-,20?,22+/m0/s1. The van der Waals surface area contributed by atoms with Crippen molar-refractivity contribution in [3.8, 4) is 0 Å². The van der Waals surface area contributed by atoms with Gasteiger partial charge in [0.05, 0.1) is 0 Å². The van der Waals surface area contributed by atoms with Gasteiger partial charge in [-0.05, 0) is 104 Å². The Morgan fingerprint density at radius 1 is 0.913 bits per heavy atom. The van der Waals surface area contributed by atoms with E-state index in [1.165, 1.54) is 38.9 Å². The van der Waals surface area contributed by atoms with Crippen LogP contribution in [0.3, 0.4) is 0 Å². The predicted octanol–water partition coefficient (Wildman–Crippen LogP) is 5.21. The molecule has 1 aliphatic heterocycles. The molecule has 0 N–H and O–H groups in total. The number of rotatable bonds is 3. The van der Waals surface area contributed by atoms with Crippen molar-refractivity contribution in [3.05, 3.63) is 0 Å². The van der Waals surface area contributed by atoms with Gasteiger partial charge in [-0.3, -0.25) is 0 Å². The molecule has 6 rings (SSSR count). The summed E-state index contributed by atoms with van der Waals surface area (Å²) in [6, 6.07) is 0. The normalized spacial score (nSPS) is 53.9. The molecule has 1 saturated heterocycles. The summed E-state index contributed by atoms with van der Waals surface area (Å²) in [5.41, 5.74) is 1.16. The Balaban J connectivity index is 1.23. The van der Waals surface area contributed by atoms with Gasteiger partial charge in [0.2, 0.25) is 0 Å². The maximum atomic E-state index is 2.88. The molecule has 2 atom stereocenters. The van der Waals surface area contributed by atoms with Gasteiger partial charge in [0.25, 0.3) is 0 Å². The molecule has 6 bridgehead atoms. The Hall–Kier alpha value is -0.0400. The number of hydrogen-bond donors (Lipinski definition) is 0. The third-order valence-corrected chi connectivity index (χ3v) is 9.87. The highest BCUT2D eigenvalue weighted by Crippen LogP contribution is 2.60. The van der Waals surface area contributed by atoms with Gasteiger partial charge >= 0.3 is 0 Å². The van der Waals surface area contributed by atoms with Crippen molar-refractivity contribution >= 4 is 0 Å². The fourth-order valence-electron chi connectivity index (χ4n) is 8.15. The maximum Gasteiger partial charge on any atom is 0.00407 e. The quantitative estimate of drug-likeness (QED) is 0.691. The largest absolute Gasteiger partial charge is 0.302 e. The van der Waals surface area contributed by atoms with E-state index in [1.54, 1.807) is 32.1 Å². The Bertz CT molecular complexity index is 452. The van der Waals surface area contributed by atoms with E-state index in [9.17, 15) is 0 Å². The fraction of sp³-hybridized carbons (Fsp3) is 1.00. The van der Waals surface area contributed by atoms with Gasteiger partial charge < -0.3 is 4.90 Å². The Morgan fingerprint density at radius 2 is 1.57 bits per heavy atom. The van der Waals surface area contributed by atoms with Crippen LogP contribution in [0.2, 0.25) is 0 Å². The molecule has 0 aromatic carbocycles. The van der Waals surface area contributed by atoms with E-state index in [4.69, 9.17) is 0 Å². The molecular weight excluding hydrogens is 278 g/mol. The van der Waals surface area contributed by atoms with E-state index in [0.717, 1.165) is 35.5 Å². The van der Waals surface area contributed by atoms with Crippen molar-refractivity contribution in [3.63, 3.8) is 0 Å². The lowest BCUT2D eigenvalue weighted by atomic mass is 9.51. The topological polar surface area (TPSA) is 3.24 Å². The molecule has 1 heterocycles. The molecule has 0 aromatic rings. The highest BCUT2D eigenvalue weighted by molar-refractivity contribution is 5.06. The zero-order valence-electron chi connectivity index (χ0n) is 15.7. The van der Waals surface area contributed by atoms with Crippen molar-refractivity contribution < 1.29 is 0 Å². The van der Waals surface area contributed by atoms with Gasteiger partial charge in [0.15, 0.2) is 0 Å². The van der Waals surface area contributed by atoms with Crippen LogP contribution in [0.25, 0.3) is 0 Å². The molecule has 0 spiro atoms. The molecule has 5 aliphatic carbocycles.